The third kappa shape index (κ3) is 4.10. The van der Waals surface area contributed by atoms with Crippen molar-refractivity contribution in [2.24, 2.45) is 5.92 Å². The average Bonchev–Trinajstić information content (AvgIpc) is 2.77. The summed E-state index contributed by atoms with van der Waals surface area (Å²) in [5.41, 5.74) is 0. The smallest absolute Gasteiger partial charge is 0.0784 e. The fraction of sp³-hybridized carbons (Fsp3) is 1.00. The van der Waals surface area contributed by atoms with E-state index in [-0.39, 0.29) is 6.10 Å². The van der Waals surface area contributed by atoms with Crippen LogP contribution >= 0.6 is 0 Å². The molecule has 0 aliphatic heterocycles. The molecule has 0 heterocycles. The summed E-state index contributed by atoms with van der Waals surface area (Å²) in [6.45, 7) is 9.30. The molecule has 0 saturated heterocycles. The first-order valence-corrected chi connectivity index (χ1v) is 5.40. The van der Waals surface area contributed by atoms with Gasteiger partial charge in [-0.05, 0) is 32.6 Å². The van der Waals surface area contributed by atoms with Gasteiger partial charge in [-0.15, -0.1) is 0 Å². The summed E-state index contributed by atoms with van der Waals surface area (Å²) < 4.78 is 11.3. The molecule has 4 unspecified atom stereocenters. The van der Waals surface area contributed by atoms with E-state index in [1.165, 1.54) is 6.42 Å². The monoisotopic (exact) mass is 186 g/mol. The first-order chi connectivity index (χ1) is 6.13. The minimum atomic E-state index is 0.254. The van der Waals surface area contributed by atoms with Crippen LogP contribution in [0.4, 0.5) is 0 Å². The molecule has 78 valence electrons. The summed E-state index contributed by atoms with van der Waals surface area (Å²) in [5, 5.41) is 0. The Morgan fingerprint density at radius 2 is 1.92 bits per heavy atom. The maximum atomic E-state index is 5.74. The van der Waals surface area contributed by atoms with Crippen LogP contribution in [0.1, 0.15) is 40.5 Å². The largest absolute Gasteiger partial charge is 0.376 e. The number of hydrogen-bond acceptors (Lipinski definition) is 2. The number of ether oxygens (including phenoxy) is 2. The Labute approximate surface area is 81.6 Å². The molecule has 1 aliphatic rings. The van der Waals surface area contributed by atoms with E-state index in [0.717, 1.165) is 18.9 Å². The minimum absolute atomic E-state index is 0.254. The van der Waals surface area contributed by atoms with Gasteiger partial charge in [0.1, 0.15) is 0 Å². The van der Waals surface area contributed by atoms with E-state index in [0.29, 0.717) is 12.2 Å². The first kappa shape index (κ1) is 11.0. The summed E-state index contributed by atoms with van der Waals surface area (Å²) in [6.07, 6.45) is 3.43. The maximum Gasteiger partial charge on any atom is 0.0784 e. The normalized spacial score (nSPS) is 31.4. The van der Waals surface area contributed by atoms with Gasteiger partial charge in [0.05, 0.1) is 24.9 Å². The highest BCUT2D eigenvalue weighted by atomic mass is 16.5. The Hall–Kier alpha value is -0.0800. The molecule has 1 rings (SSSR count). The molecule has 4 atom stereocenters. The SMILES string of the molecule is CCC(C)OCC(C)OC1CC1C. The van der Waals surface area contributed by atoms with E-state index in [1.807, 2.05) is 0 Å². The van der Waals surface area contributed by atoms with E-state index < -0.39 is 0 Å². The predicted octanol–water partition coefficient (Wildman–Crippen LogP) is 2.62. The van der Waals surface area contributed by atoms with Crippen molar-refractivity contribution in [1.82, 2.24) is 0 Å². The molecule has 1 fully saturated rings. The summed E-state index contributed by atoms with van der Waals surface area (Å²) in [7, 11) is 0. The zero-order chi connectivity index (χ0) is 9.84. The van der Waals surface area contributed by atoms with Gasteiger partial charge in [0, 0.05) is 0 Å². The minimum Gasteiger partial charge on any atom is -0.376 e. The molecule has 0 aromatic carbocycles. The van der Waals surface area contributed by atoms with Gasteiger partial charge < -0.3 is 9.47 Å². The van der Waals surface area contributed by atoms with Gasteiger partial charge in [0.25, 0.3) is 0 Å². The fourth-order valence-electron chi connectivity index (χ4n) is 1.23. The highest BCUT2D eigenvalue weighted by Gasteiger charge is 2.34. The molecule has 0 spiro atoms. The Kier molecular flexibility index (Phi) is 4.20. The second-order valence-electron chi connectivity index (χ2n) is 4.25. The molecule has 0 radical (unpaired) electrons. The quantitative estimate of drug-likeness (QED) is 0.635. The standard InChI is InChI=1S/C11H22O2/c1-5-9(3)12-7-10(4)13-11-6-8(11)2/h8-11H,5-7H2,1-4H3. The van der Waals surface area contributed by atoms with E-state index in [1.54, 1.807) is 0 Å². The summed E-state index contributed by atoms with van der Waals surface area (Å²) in [6, 6.07) is 0. The maximum absolute atomic E-state index is 5.74. The van der Waals surface area contributed by atoms with Crippen molar-refractivity contribution >= 4 is 0 Å². The molecule has 2 heteroatoms. The van der Waals surface area contributed by atoms with Gasteiger partial charge in [-0.1, -0.05) is 13.8 Å². The molecule has 13 heavy (non-hydrogen) atoms. The summed E-state index contributed by atoms with van der Waals surface area (Å²) >= 11 is 0. The van der Waals surface area contributed by atoms with E-state index >= 15 is 0 Å². The van der Waals surface area contributed by atoms with E-state index in [9.17, 15) is 0 Å². The van der Waals surface area contributed by atoms with E-state index in [4.69, 9.17) is 9.47 Å². The van der Waals surface area contributed by atoms with Crippen molar-refractivity contribution in [2.75, 3.05) is 6.61 Å². The van der Waals surface area contributed by atoms with Gasteiger partial charge in [0.15, 0.2) is 0 Å². The Bertz CT molecular complexity index is 147. The molecule has 0 bridgehead atoms. The fourth-order valence-corrected chi connectivity index (χ4v) is 1.23. The third-order valence-corrected chi connectivity index (χ3v) is 2.63. The van der Waals surface area contributed by atoms with Crippen LogP contribution in [0.2, 0.25) is 0 Å². The van der Waals surface area contributed by atoms with Crippen LogP contribution in [0, 0.1) is 5.92 Å². The second-order valence-corrected chi connectivity index (χ2v) is 4.25. The zero-order valence-corrected chi connectivity index (χ0v) is 9.25. The van der Waals surface area contributed by atoms with Gasteiger partial charge in [-0.2, -0.15) is 0 Å². The molecule has 0 N–H and O–H groups in total. The number of rotatable bonds is 6. The van der Waals surface area contributed by atoms with Crippen molar-refractivity contribution < 1.29 is 9.47 Å². The summed E-state index contributed by atoms with van der Waals surface area (Å²) in [4.78, 5) is 0. The topological polar surface area (TPSA) is 18.5 Å². The van der Waals surface area contributed by atoms with Crippen LogP contribution < -0.4 is 0 Å². The lowest BCUT2D eigenvalue weighted by atomic mass is 10.3. The molecule has 0 aromatic heterocycles. The van der Waals surface area contributed by atoms with Crippen molar-refractivity contribution in [3.63, 3.8) is 0 Å². The second kappa shape index (κ2) is 4.97. The molecule has 1 saturated carbocycles. The molecular formula is C11H22O2. The molecular weight excluding hydrogens is 164 g/mol. The van der Waals surface area contributed by atoms with Crippen LogP contribution in [0.15, 0.2) is 0 Å². The van der Waals surface area contributed by atoms with Crippen molar-refractivity contribution in [1.29, 1.82) is 0 Å². The van der Waals surface area contributed by atoms with Crippen LogP contribution in [-0.2, 0) is 9.47 Å². The highest BCUT2D eigenvalue weighted by molar-refractivity contribution is 4.84. The van der Waals surface area contributed by atoms with Crippen LogP contribution in [0.25, 0.3) is 0 Å². The zero-order valence-electron chi connectivity index (χ0n) is 9.25. The van der Waals surface area contributed by atoms with Crippen LogP contribution in [0.3, 0.4) is 0 Å². The first-order valence-electron chi connectivity index (χ1n) is 5.40. The Morgan fingerprint density at radius 3 is 2.38 bits per heavy atom. The Balaban J connectivity index is 2.00. The lowest BCUT2D eigenvalue weighted by Gasteiger charge is -2.16. The molecule has 1 aliphatic carbocycles. The predicted molar refractivity (Wildman–Crippen MR) is 53.8 cm³/mol. The Morgan fingerprint density at radius 1 is 1.31 bits per heavy atom. The van der Waals surface area contributed by atoms with Gasteiger partial charge >= 0.3 is 0 Å². The third-order valence-electron chi connectivity index (χ3n) is 2.63. The lowest BCUT2D eigenvalue weighted by Crippen LogP contribution is -2.21. The highest BCUT2D eigenvalue weighted by Crippen LogP contribution is 2.33. The van der Waals surface area contributed by atoms with E-state index in [2.05, 4.69) is 27.7 Å². The van der Waals surface area contributed by atoms with Crippen molar-refractivity contribution in [2.45, 2.75) is 58.8 Å². The molecule has 2 nitrogen and oxygen atoms in total. The number of hydrogen-bond donors (Lipinski definition) is 0. The van der Waals surface area contributed by atoms with Gasteiger partial charge in [-0.25, -0.2) is 0 Å². The van der Waals surface area contributed by atoms with Gasteiger partial charge in [-0.3, -0.25) is 0 Å². The molecule has 0 aromatic rings. The van der Waals surface area contributed by atoms with Crippen molar-refractivity contribution in [3.05, 3.63) is 0 Å². The van der Waals surface area contributed by atoms with Gasteiger partial charge in [0.2, 0.25) is 0 Å². The summed E-state index contributed by atoms with van der Waals surface area (Å²) in [5.74, 6) is 0.769. The average molecular weight is 186 g/mol. The molecule has 0 amide bonds. The lowest BCUT2D eigenvalue weighted by molar-refractivity contribution is -0.0413. The van der Waals surface area contributed by atoms with Crippen LogP contribution in [-0.4, -0.2) is 24.9 Å². The van der Waals surface area contributed by atoms with Crippen molar-refractivity contribution in [3.8, 4) is 0 Å². The van der Waals surface area contributed by atoms with Crippen LogP contribution in [0.5, 0.6) is 0 Å².